The highest BCUT2D eigenvalue weighted by Gasteiger charge is 2.26. The van der Waals surface area contributed by atoms with Crippen molar-refractivity contribution in [2.24, 2.45) is 0 Å². The standard InChI is InChI=1S/C30H27Cl2N3O3/c1-19-6-9-21(10-7-19)30(37)35-16-14-34(15-17-35)28-23(31)4-3-5-25(28)33-29(36)27-13-12-26(38-27)22-11-8-20(2)24(32)18-22/h3-13,18H,14-17H2,1-2H3,(H,33,36). The summed E-state index contributed by atoms with van der Waals surface area (Å²) in [5.74, 6) is 0.362. The van der Waals surface area contributed by atoms with E-state index in [-0.39, 0.29) is 17.6 Å². The topological polar surface area (TPSA) is 65.8 Å². The number of halogens is 2. The fraction of sp³-hybridized carbons (Fsp3) is 0.200. The minimum atomic E-state index is -0.383. The number of para-hydroxylation sites is 1. The number of piperazine rings is 1. The van der Waals surface area contributed by atoms with Crippen LogP contribution in [0.3, 0.4) is 0 Å². The van der Waals surface area contributed by atoms with E-state index in [9.17, 15) is 9.59 Å². The van der Waals surface area contributed by atoms with E-state index in [1.807, 2.05) is 67.3 Å². The Labute approximate surface area is 231 Å². The van der Waals surface area contributed by atoms with Gasteiger partial charge < -0.3 is 19.5 Å². The maximum Gasteiger partial charge on any atom is 0.291 e. The van der Waals surface area contributed by atoms with Gasteiger partial charge in [0.15, 0.2) is 5.76 Å². The lowest BCUT2D eigenvalue weighted by Crippen LogP contribution is -2.49. The van der Waals surface area contributed by atoms with Gasteiger partial charge in [-0.25, -0.2) is 0 Å². The van der Waals surface area contributed by atoms with Crippen molar-refractivity contribution < 1.29 is 14.0 Å². The molecule has 194 valence electrons. The molecule has 0 unspecified atom stereocenters. The van der Waals surface area contributed by atoms with Crippen LogP contribution >= 0.6 is 23.2 Å². The summed E-state index contributed by atoms with van der Waals surface area (Å²) in [6, 6.07) is 22.0. The van der Waals surface area contributed by atoms with Crippen LogP contribution in [0.15, 0.2) is 77.2 Å². The molecule has 0 atom stereocenters. The Balaban J connectivity index is 1.29. The molecule has 0 aliphatic carbocycles. The van der Waals surface area contributed by atoms with Crippen LogP contribution in [0.1, 0.15) is 32.0 Å². The van der Waals surface area contributed by atoms with E-state index in [0.717, 1.165) is 22.4 Å². The number of furan rings is 1. The first kappa shape index (κ1) is 25.9. The molecule has 1 aliphatic rings. The molecule has 4 aromatic rings. The SMILES string of the molecule is Cc1ccc(C(=O)N2CCN(c3c(Cl)cccc3NC(=O)c3ccc(-c4ccc(C)c(Cl)c4)o3)CC2)cc1. The molecular weight excluding hydrogens is 521 g/mol. The van der Waals surface area contributed by atoms with Crippen molar-refractivity contribution in [1.82, 2.24) is 4.90 Å². The van der Waals surface area contributed by atoms with E-state index in [0.29, 0.717) is 53.2 Å². The first-order chi connectivity index (χ1) is 18.3. The normalized spacial score (nSPS) is 13.5. The average molecular weight is 548 g/mol. The van der Waals surface area contributed by atoms with Crippen molar-refractivity contribution in [2.45, 2.75) is 13.8 Å². The summed E-state index contributed by atoms with van der Waals surface area (Å²) in [7, 11) is 0. The summed E-state index contributed by atoms with van der Waals surface area (Å²) in [5.41, 5.74) is 4.86. The lowest BCUT2D eigenvalue weighted by atomic mass is 10.1. The van der Waals surface area contributed by atoms with Crippen LogP contribution in [0.4, 0.5) is 11.4 Å². The molecule has 0 bridgehead atoms. The largest absolute Gasteiger partial charge is 0.451 e. The van der Waals surface area contributed by atoms with Gasteiger partial charge in [0.25, 0.3) is 11.8 Å². The third-order valence-electron chi connectivity index (χ3n) is 6.70. The van der Waals surface area contributed by atoms with E-state index in [4.69, 9.17) is 27.6 Å². The number of anilines is 2. The lowest BCUT2D eigenvalue weighted by Gasteiger charge is -2.37. The van der Waals surface area contributed by atoms with Gasteiger partial charge in [0.1, 0.15) is 5.76 Å². The highest BCUT2D eigenvalue weighted by molar-refractivity contribution is 6.34. The quantitative estimate of drug-likeness (QED) is 0.289. The van der Waals surface area contributed by atoms with Crippen LogP contribution in [0.2, 0.25) is 10.0 Å². The van der Waals surface area contributed by atoms with Crippen LogP contribution in [0, 0.1) is 13.8 Å². The maximum absolute atomic E-state index is 13.1. The second-order valence-electron chi connectivity index (χ2n) is 9.36. The van der Waals surface area contributed by atoms with Gasteiger partial charge in [-0.15, -0.1) is 0 Å². The van der Waals surface area contributed by atoms with Gasteiger partial charge in [-0.1, -0.05) is 59.1 Å². The molecule has 5 rings (SSSR count). The number of benzene rings is 3. The van der Waals surface area contributed by atoms with Crippen molar-refractivity contribution in [1.29, 1.82) is 0 Å². The Morgan fingerprint density at radius 2 is 1.58 bits per heavy atom. The molecular formula is C30H27Cl2N3O3. The van der Waals surface area contributed by atoms with Crippen molar-refractivity contribution in [3.8, 4) is 11.3 Å². The molecule has 3 aromatic carbocycles. The van der Waals surface area contributed by atoms with Gasteiger partial charge in [-0.2, -0.15) is 0 Å². The van der Waals surface area contributed by atoms with E-state index >= 15 is 0 Å². The minimum absolute atomic E-state index is 0.0147. The lowest BCUT2D eigenvalue weighted by molar-refractivity contribution is 0.0746. The summed E-state index contributed by atoms with van der Waals surface area (Å²) in [5, 5.41) is 4.11. The van der Waals surface area contributed by atoms with Gasteiger partial charge in [0, 0.05) is 42.3 Å². The summed E-state index contributed by atoms with van der Waals surface area (Å²) in [4.78, 5) is 30.0. The number of hydrogen-bond donors (Lipinski definition) is 1. The highest BCUT2D eigenvalue weighted by Crippen LogP contribution is 2.35. The molecule has 1 aliphatic heterocycles. The zero-order valence-electron chi connectivity index (χ0n) is 21.1. The predicted octanol–water partition coefficient (Wildman–Crippen LogP) is 7.08. The van der Waals surface area contributed by atoms with Crippen molar-refractivity contribution >= 4 is 46.4 Å². The number of nitrogens with one attached hydrogen (secondary N) is 1. The number of nitrogens with zero attached hydrogens (tertiary/aromatic N) is 2. The molecule has 1 saturated heterocycles. The Hall–Kier alpha value is -3.74. The number of carbonyl (C=O) groups excluding carboxylic acids is 2. The third-order valence-corrected chi connectivity index (χ3v) is 7.41. The Morgan fingerprint density at radius 3 is 2.29 bits per heavy atom. The number of rotatable bonds is 5. The van der Waals surface area contributed by atoms with Crippen LogP contribution in [0.5, 0.6) is 0 Å². The summed E-state index contributed by atoms with van der Waals surface area (Å²) >= 11 is 12.9. The Kier molecular flexibility index (Phi) is 7.45. The van der Waals surface area contributed by atoms with Crippen LogP contribution in [-0.2, 0) is 0 Å². The average Bonchev–Trinajstić information content (AvgIpc) is 3.41. The molecule has 8 heteroatoms. The number of amides is 2. The van der Waals surface area contributed by atoms with Gasteiger partial charge in [-0.05, 0) is 61.9 Å². The van der Waals surface area contributed by atoms with E-state index in [1.165, 1.54) is 0 Å². The molecule has 2 heterocycles. The van der Waals surface area contributed by atoms with Crippen molar-refractivity contribution in [3.05, 3.63) is 105 Å². The van der Waals surface area contributed by atoms with Gasteiger partial charge in [0.2, 0.25) is 0 Å². The molecule has 1 fully saturated rings. The van der Waals surface area contributed by atoms with Gasteiger partial charge in [0.05, 0.1) is 16.4 Å². The molecule has 1 aromatic heterocycles. The van der Waals surface area contributed by atoms with E-state index in [1.54, 1.807) is 24.3 Å². The maximum atomic E-state index is 13.1. The zero-order chi connectivity index (χ0) is 26.8. The zero-order valence-corrected chi connectivity index (χ0v) is 22.6. The fourth-order valence-electron chi connectivity index (χ4n) is 4.49. The fourth-order valence-corrected chi connectivity index (χ4v) is 4.97. The van der Waals surface area contributed by atoms with Gasteiger partial charge in [-0.3, -0.25) is 9.59 Å². The van der Waals surface area contributed by atoms with Crippen molar-refractivity contribution in [2.75, 3.05) is 36.4 Å². The molecule has 38 heavy (non-hydrogen) atoms. The Bertz CT molecular complexity index is 1490. The number of carbonyl (C=O) groups is 2. The molecule has 0 spiro atoms. The highest BCUT2D eigenvalue weighted by atomic mass is 35.5. The van der Waals surface area contributed by atoms with Crippen LogP contribution in [0.25, 0.3) is 11.3 Å². The third kappa shape index (κ3) is 5.42. The smallest absolute Gasteiger partial charge is 0.291 e. The molecule has 6 nitrogen and oxygen atoms in total. The predicted molar refractivity (Wildman–Crippen MR) is 153 cm³/mol. The summed E-state index contributed by atoms with van der Waals surface area (Å²) < 4.78 is 5.84. The van der Waals surface area contributed by atoms with Crippen LogP contribution < -0.4 is 10.2 Å². The van der Waals surface area contributed by atoms with Crippen LogP contribution in [-0.4, -0.2) is 42.9 Å². The first-order valence-electron chi connectivity index (χ1n) is 12.4. The molecule has 1 N–H and O–H groups in total. The van der Waals surface area contributed by atoms with Gasteiger partial charge >= 0.3 is 0 Å². The first-order valence-corrected chi connectivity index (χ1v) is 13.1. The molecule has 0 saturated carbocycles. The summed E-state index contributed by atoms with van der Waals surface area (Å²) in [6.07, 6.45) is 0. The minimum Gasteiger partial charge on any atom is -0.451 e. The number of hydrogen-bond acceptors (Lipinski definition) is 4. The second kappa shape index (κ2) is 10.9. The monoisotopic (exact) mass is 547 g/mol. The van der Waals surface area contributed by atoms with Crippen molar-refractivity contribution in [3.63, 3.8) is 0 Å². The van der Waals surface area contributed by atoms with E-state index in [2.05, 4.69) is 10.2 Å². The molecule has 2 amide bonds. The second-order valence-corrected chi connectivity index (χ2v) is 10.2. The summed E-state index contributed by atoms with van der Waals surface area (Å²) in [6.45, 7) is 6.19. The molecule has 0 radical (unpaired) electrons. The Morgan fingerprint density at radius 1 is 0.842 bits per heavy atom. The van der Waals surface area contributed by atoms with E-state index < -0.39 is 0 Å². The number of aryl methyl sites for hydroxylation is 2.